The molecule has 2 atom stereocenters. The lowest BCUT2D eigenvalue weighted by Gasteiger charge is -2.35. The van der Waals surface area contributed by atoms with Gasteiger partial charge < -0.3 is 24.4 Å². The first-order valence-electron chi connectivity index (χ1n) is 10.2. The van der Waals surface area contributed by atoms with Crippen molar-refractivity contribution in [3.8, 4) is 0 Å². The SMILES string of the molecule is CN=C(NCC1CCCCO1)N1CCC(OCC2CCCCO2)CC1. The summed E-state index contributed by atoms with van der Waals surface area (Å²) in [5, 5.41) is 3.50. The van der Waals surface area contributed by atoms with Gasteiger partial charge in [-0.2, -0.15) is 0 Å². The molecule has 3 heterocycles. The first-order chi connectivity index (χ1) is 12.3. The Morgan fingerprint density at radius 2 is 1.68 bits per heavy atom. The molecule has 3 aliphatic heterocycles. The van der Waals surface area contributed by atoms with E-state index >= 15 is 0 Å². The van der Waals surface area contributed by atoms with Crippen LogP contribution in [0.15, 0.2) is 4.99 Å². The Hall–Kier alpha value is -0.850. The van der Waals surface area contributed by atoms with Crippen molar-refractivity contribution in [2.75, 3.05) is 46.5 Å². The van der Waals surface area contributed by atoms with Crippen LogP contribution in [0.5, 0.6) is 0 Å². The minimum atomic E-state index is 0.316. The van der Waals surface area contributed by atoms with Crippen LogP contribution in [0.4, 0.5) is 0 Å². The van der Waals surface area contributed by atoms with E-state index in [2.05, 4.69) is 15.2 Å². The maximum Gasteiger partial charge on any atom is 0.193 e. The molecule has 3 rings (SSSR count). The van der Waals surface area contributed by atoms with Crippen molar-refractivity contribution >= 4 is 5.96 Å². The molecule has 3 aliphatic rings. The lowest BCUT2D eigenvalue weighted by atomic mass is 10.1. The van der Waals surface area contributed by atoms with Crippen molar-refractivity contribution in [1.82, 2.24) is 10.2 Å². The maximum atomic E-state index is 6.11. The van der Waals surface area contributed by atoms with Crippen molar-refractivity contribution in [1.29, 1.82) is 0 Å². The summed E-state index contributed by atoms with van der Waals surface area (Å²) in [7, 11) is 1.87. The van der Waals surface area contributed by atoms with E-state index in [0.717, 1.165) is 71.1 Å². The summed E-state index contributed by atoms with van der Waals surface area (Å²) in [6.07, 6.45) is 10.4. The summed E-state index contributed by atoms with van der Waals surface area (Å²) in [4.78, 5) is 6.80. The van der Waals surface area contributed by atoms with Gasteiger partial charge in [-0.25, -0.2) is 0 Å². The molecule has 0 radical (unpaired) electrons. The second-order valence-corrected chi connectivity index (χ2v) is 7.43. The molecule has 0 spiro atoms. The molecule has 3 saturated heterocycles. The van der Waals surface area contributed by atoms with E-state index in [-0.39, 0.29) is 0 Å². The van der Waals surface area contributed by atoms with Gasteiger partial charge in [0, 0.05) is 39.9 Å². The smallest absolute Gasteiger partial charge is 0.193 e. The van der Waals surface area contributed by atoms with Gasteiger partial charge in [0.15, 0.2) is 5.96 Å². The average Bonchev–Trinajstić information content (AvgIpc) is 2.69. The number of nitrogens with one attached hydrogen (secondary N) is 1. The van der Waals surface area contributed by atoms with Crippen LogP contribution in [0.3, 0.4) is 0 Å². The topological polar surface area (TPSA) is 55.3 Å². The largest absolute Gasteiger partial charge is 0.376 e. The van der Waals surface area contributed by atoms with E-state index < -0.39 is 0 Å². The number of aliphatic imine (C=N–C) groups is 1. The van der Waals surface area contributed by atoms with Gasteiger partial charge in [-0.15, -0.1) is 0 Å². The van der Waals surface area contributed by atoms with Crippen LogP contribution >= 0.6 is 0 Å². The number of ether oxygens (including phenoxy) is 3. The van der Waals surface area contributed by atoms with Gasteiger partial charge in [0.2, 0.25) is 0 Å². The van der Waals surface area contributed by atoms with Gasteiger partial charge in [-0.05, 0) is 51.4 Å². The van der Waals surface area contributed by atoms with Crippen molar-refractivity contribution in [2.24, 2.45) is 4.99 Å². The van der Waals surface area contributed by atoms with E-state index in [0.29, 0.717) is 18.3 Å². The Kier molecular flexibility index (Phi) is 7.82. The minimum Gasteiger partial charge on any atom is -0.376 e. The Morgan fingerprint density at radius 1 is 1.00 bits per heavy atom. The van der Waals surface area contributed by atoms with Gasteiger partial charge in [0.05, 0.1) is 24.9 Å². The lowest BCUT2D eigenvalue weighted by Crippen LogP contribution is -2.49. The van der Waals surface area contributed by atoms with E-state index in [1.165, 1.54) is 25.7 Å². The summed E-state index contributed by atoms with van der Waals surface area (Å²) in [5.74, 6) is 1.00. The molecular formula is C19H35N3O3. The third kappa shape index (κ3) is 6.12. The molecule has 6 heteroatoms. The van der Waals surface area contributed by atoms with Crippen molar-refractivity contribution in [2.45, 2.75) is 69.7 Å². The number of hydrogen-bond donors (Lipinski definition) is 1. The first kappa shape index (κ1) is 18.9. The molecule has 0 aromatic rings. The highest BCUT2D eigenvalue weighted by molar-refractivity contribution is 5.80. The highest BCUT2D eigenvalue weighted by Crippen LogP contribution is 2.18. The number of nitrogens with zero attached hydrogens (tertiary/aromatic N) is 2. The monoisotopic (exact) mass is 353 g/mol. The zero-order valence-corrected chi connectivity index (χ0v) is 15.8. The Morgan fingerprint density at radius 3 is 2.28 bits per heavy atom. The fraction of sp³-hybridized carbons (Fsp3) is 0.947. The van der Waals surface area contributed by atoms with Crippen LogP contribution in [0, 0.1) is 0 Å². The summed E-state index contributed by atoms with van der Waals surface area (Å²) in [6, 6.07) is 0. The van der Waals surface area contributed by atoms with Crippen molar-refractivity contribution < 1.29 is 14.2 Å². The Bertz CT molecular complexity index is 399. The molecule has 1 N–H and O–H groups in total. The molecule has 3 fully saturated rings. The molecule has 0 aromatic carbocycles. The van der Waals surface area contributed by atoms with Crippen LogP contribution in [-0.4, -0.2) is 75.7 Å². The number of likely N-dealkylation sites (tertiary alicyclic amines) is 1. The van der Waals surface area contributed by atoms with E-state index in [9.17, 15) is 0 Å². The molecule has 0 saturated carbocycles. The van der Waals surface area contributed by atoms with Crippen LogP contribution < -0.4 is 5.32 Å². The Balaban J connectivity index is 1.33. The van der Waals surface area contributed by atoms with Gasteiger partial charge in [0.1, 0.15) is 0 Å². The summed E-state index contributed by atoms with van der Waals surface area (Å²) in [6.45, 7) is 5.43. The van der Waals surface area contributed by atoms with Crippen LogP contribution in [0.25, 0.3) is 0 Å². The highest BCUT2D eigenvalue weighted by atomic mass is 16.5. The maximum absolute atomic E-state index is 6.11. The van der Waals surface area contributed by atoms with Crippen LogP contribution in [0.1, 0.15) is 51.4 Å². The van der Waals surface area contributed by atoms with E-state index in [1.54, 1.807) is 0 Å². The zero-order chi connectivity index (χ0) is 17.3. The fourth-order valence-electron chi connectivity index (χ4n) is 3.92. The third-order valence-corrected chi connectivity index (χ3v) is 5.51. The number of guanidine groups is 1. The summed E-state index contributed by atoms with van der Waals surface area (Å²) in [5.41, 5.74) is 0. The third-order valence-electron chi connectivity index (χ3n) is 5.51. The van der Waals surface area contributed by atoms with Gasteiger partial charge in [0.25, 0.3) is 0 Å². The fourth-order valence-corrected chi connectivity index (χ4v) is 3.92. The molecular weight excluding hydrogens is 318 g/mol. The van der Waals surface area contributed by atoms with Gasteiger partial charge in [-0.1, -0.05) is 0 Å². The summed E-state index contributed by atoms with van der Waals surface area (Å²) < 4.78 is 17.7. The van der Waals surface area contributed by atoms with Gasteiger partial charge in [-0.3, -0.25) is 4.99 Å². The predicted molar refractivity (Wildman–Crippen MR) is 99.1 cm³/mol. The van der Waals surface area contributed by atoms with Crippen molar-refractivity contribution in [3.05, 3.63) is 0 Å². The highest BCUT2D eigenvalue weighted by Gasteiger charge is 2.24. The predicted octanol–water partition coefficient (Wildman–Crippen LogP) is 2.18. The second-order valence-electron chi connectivity index (χ2n) is 7.43. The minimum absolute atomic E-state index is 0.316. The van der Waals surface area contributed by atoms with Crippen molar-refractivity contribution in [3.63, 3.8) is 0 Å². The molecule has 0 amide bonds. The summed E-state index contributed by atoms with van der Waals surface area (Å²) >= 11 is 0. The number of rotatable bonds is 5. The molecule has 0 bridgehead atoms. The van der Waals surface area contributed by atoms with E-state index in [4.69, 9.17) is 14.2 Å². The molecule has 25 heavy (non-hydrogen) atoms. The first-order valence-corrected chi connectivity index (χ1v) is 10.2. The van der Waals surface area contributed by atoms with Crippen LogP contribution in [-0.2, 0) is 14.2 Å². The normalized spacial score (nSPS) is 29.6. The molecule has 0 aromatic heterocycles. The standard InChI is InChI=1S/C19H35N3O3/c1-20-19(21-14-17-6-2-4-12-23-17)22-10-8-16(9-11-22)25-15-18-7-3-5-13-24-18/h16-18H,2-15H2,1H3,(H,20,21). The average molecular weight is 354 g/mol. The molecule has 144 valence electrons. The second kappa shape index (κ2) is 10.3. The van der Waals surface area contributed by atoms with Gasteiger partial charge >= 0.3 is 0 Å². The van der Waals surface area contributed by atoms with Crippen LogP contribution in [0.2, 0.25) is 0 Å². The molecule has 6 nitrogen and oxygen atoms in total. The van der Waals surface area contributed by atoms with E-state index in [1.807, 2.05) is 7.05 Å². The lowest BCUT2D eigenvalue weighted by molar-refractivity contribution is -0.0721. The zero-order valence-electron chi connectivity index (χ0n) is 15.8. The number of piperidine rings is 1. The number of hydrogen-bond acceptors (Lipinski definition) is 4. The Labute approximate surface area is 152 Å². The molecule has 0 aliphatic carbocycles. The quantitative estimate of drug-likeness (QED) is 0.606. The molecule has 2 unspecified atom stereocenters.